The maximum absolute atomic E-state index is 11.0. The second-order valence-electron chi connectivity index (χ2n) is 2.47. The van der Waals surface area contributed by atoms with E-state index in [-0.39, 0.29) is 14.9 Å². The number of nitrogens with two attached hydrogens (primary N) is 1. The Labute approximate surface area is 88.7 Å². The number of carbonyl (C=O) groups is 1. The summed E-state index contributed by atoms with van der Waals surface area (Å²) >= 11 is 2.88. The lowest BCUT2D eigenvalue weighted by molar-refractivity contribution is 0.0695. The molecule has 0 aliphatic rings. The summed E-state index contributed by atoms with van der Waals surface area (Å²) in [7, 11) is -3.90. The highest BCUT2D eigenvalue weighted by Gasteiger charge is 2.17. The molecule has 76 valence electrons. The van der Waals surface area contributed by atoms with Crippen molar-refractivity contribution in [2.45, 2.75) is 4.90 Å². The van der Waals surface area contributed by atoms with Gasteiger partial charge in [0.05, 0.1) is 14.9 Å². The number of benzene rings is 1. The Balaban J connectivity index is 3.51. The van der Waals surface area contributed by atoms with Crippen LogP contribution >= 0.6 is 15.9 Å². The summed E-state index contributed by atoms with van der Waals surface area (Å²) in [5, 5.41) is 13.6. The highest BCUT2D eigenvalue weighted by Crippen LogP contribution is 2.24. The van der Waals surface area contributed by atoms with Crippen LogP contribution in [0.3, 0.4) is 0 Å². The van der Waals surface area contributed by atoms with Crippen LogP contribution in [0.5, 0.6) is 0 Å². The van der Waals surface area contributed by atoms with Gasteiger partial charge in [-0.05, 0) is 28.1 Å². The minimum absolute atomic E-state index is 0.0324. The first kappa shape index (κ1) is 11.2. The van der Waals surface area contributed by atoms with Crippen LogP contribution in [0.25, 0.3) is 0 Å². The molecule has 14 heavy (non-hydrogen) atoms. The first-order chi connectivity index (χ1) is 6.34. The zero-order chi connectivity index (χ0) is 10.9. The van der Waals surface area contributed by atoms with Crippen LogP contribution in [0.15, 0.2) is 27.6 Å². The number of carboxylic acid groups (broad SMARTS) is 1. The Morgan fingerprint density at radius 3 is 2.43 bits per heavy atom. The first-order valence-corrected chi connectivity index (χ1v) is 5.72. The molecule has 0 atom stereocenters. The molecule has 0 radical (unpaired) electrons. The Morgan fingerprint density at radius 2 is 2.00 bits per heavy atom. The molecule has 0 heterocycles. The molecule has 0 unspecified atom stereocenters. The highest BCUT2D eigenvalue weighted by atomic mass is 79.9. The van der Waals surface area contributed by atoms with Crippen LogP contribution < -0.4 is 5.14 Å². The van der Waals surface area contributed by atoms with E-state index < -0.39 is 16.0 Å². The monoisotopic (exact) mass is 279 g/mol. The number of primary sulfonamides is 1. The standard InChI is InChI=1S/C7H6BrNO4S/c8-6-4(7(10)11)2-1-3-5(6)14(9,12)13/h1-3H,(H,10,11)(H2,9,12,13). The van der Waals surface area contributed by atoms with Crippen LogP contribution in [-0.2, 0) is 10.0 Å². The Hall–Kier alpha value is -0.920. The molecule has 0 saturated heterocycles. The molecule has 1 aromatic rings. The predicted molar refractivity (Wildman–Crippen MR) is 52.5 cm³/mol. The van der Waals surface area contributed by atoms with Crippen LogP contribution in [0, 0.1) is 0 Å². The van der Waals surface area contributed by atoms with Gasteiger partial charge < -0.3 is 5.11 Å². The summed E-state index contributed by atoms with van der Waals surface area (Å²) in [4.78, 5) is 10.4. The van der Waals surface area contributed by atoms with Gasteiger partial charge in [0.15, 0.2) is 0 Å². The molecule has 0 amide bonds. The summed E-state index contributed by atoms with van der Waals surface area (Å²) in [6, 6.07) is 3.82. The van der Waals surface area contributed by atoms with Gasteiger partial charge in [-0.2, -0.15) is 0 Å². The average Bonchev–Trinajstić information content (AvgIpc) is 2.01. The second-order valence-corrected chi connectivity index (χ2v) is 4.79. The number of hydrogen-bond donors (Lipinski definition) is 2. The van der Waals surface area contributed by atoms with E-state index in [9.17, 15) is 13.2 Å². The van der Waals surface area contributed by atoms with E-state index in [1.54, 1.807) is 0 Å². The SMILES string of the molecule is NS(=O)(=O)c1cccc(C(=O)O)c1Br. The molecule has 3 N–H and O–H groups in total. The molecule has 0 aliphatic carbocycles. The first-order valence-electron chi connectivity index (χ1n) is 3.38. The number of halogens is 1. The Bertz CT molecular complexity index is 482. The molecular weight excluding hydrogens is 274 g/mol. The molecule has 1 aromatic carbocycles. The lowest BCUT2D eigenvalue weighted by Crippen LogP contribution is -2.14. The molecule has 0 aliphatic heterocycles. The Morgan fingerprint density at radius 1 is 1.43 bits per heavy atom. The van der Waals surface area contributed by atoms with Gasteiger partial charge in [0.1, 0.15) is 0 Å². The maximum Gasteiger partial charge on any atom is 0.336 e. The molecule has 5 nitrogen and oxygen atoms in total. The average molecular weight is 280 g/mol. The fraction of sp³-hybridized carbons (Fsp3) is 0. The molecule has 0 bridgehead atoms. The molecular formula is C7H6BrNO4S. The van der Waals surface area contributed by atoms with Crippen molar-refractivity contribution in [3.05, 3.63) is 28.2 Å². The third kappa shape index (κ3) is 2.11. The third-order valence-electron chi connectivity index (χ3n) is 1.50. The number of carboxylic acids is 1. The van der Waals surface area contributed by atoms with Gasteiger partial charge >= 0.3 is 5.97 Å². The molecule has 0 fully saturated rings. The fourth-order valence-electron chi connectivity index (χ4n) is 0.896. The van der Waals surface area contributed by atoms with Crippen molar-refractivity contribution < 1.29 is 18.3 Å². The molecule has 1 rings (SSSR count). The molecule has 0 saturated carbocycles. The number of hydrogen-bond acceptors (Lipinski definition) is 3. The lowest BCUT2D eigenvalue weighted by Gasteiger charge is -2.03. The van der Waals surface area contributed by atoms with Crippen molar-refractivity contribution >= 4 is 31.9 Å². The van der Waals surface area contributed by atoms with Gasteiger partial charge in [-0.1, -0.05) is 6.07 Å². The van der Waals surface area contributed by atoms with Gasteiger partial charge in [0, 0.05) is 0 Å². The van der Waals surface area contributed by atoms with Gasteiger partial charge in [-0.25, -0.2) is 18.4 Å². The summed E-state index contributed by atoms with van der Waals surface area (Å²) in [5.41, 5.74) is -0.142. The molecule has 7 heteroatoms. The number of sulfonamides is 1. The van der Waals surface area contributed by atoms with Crippen molar-refractivity contribution in [2.75, 3.05) is 0 Å². The topological polar surface area (TPSA) is 97.5 Å². The second kappa shape index (κ2) is 3.68. The van der Waals surface area contributed by atoms with Crippen LogP contribution in [0.2, 0.25) is 0 Å². The van der Waals surface area contributed by atoms with E-state index in [2.05, 4.69) is 15.9 Å². The van der Waals surface area contributed by atoms with Crippen LogP contribution in [-0.4, -0.2) is 19.5 Å². The van der Waals surface area contributed by atoms with E-state index in [0.29, 0.717) is 0 Å². The van der Waals surface area contributed by atoms with Gasteiger partial charge in [-0.3, -0.25) is 0 Å². The summed E-state index contributed by atoms with van der Waals surface area (Å²) in [5.74, 6) is -1.22. The fourth-order valence-corrected chi connectivity index (χ4v) is 2.63. The van der Waals surface area contributed by atoms with Crippen molar-refractivity contribution in [2.24, 2.45) is 5.14 Å². The van der Waals surface area contributed by atoms with Crippen molar-refractivity contribution in [3.8, 4) is 0 Å². The zero-order valence-corrected chi connectivity index (χ0v) is 9.17. The van der Waals surface area contributed by atoms with Gasteiger partial charge in [-0.15, -0.1) is 0 Å². The van der Waals surface area contributed by atoms with E-state index >= 15 is 0 Å². The number of rotatable bonds is 2. The highest BCUT2D eigenvalue weighted by molar-refractivity contribution is 9.10. The van der Waals surface area contributed by atoms with Crippen LogP contribution in [0.1, 0.15) is 10.4 Å². The maximum atomic E-state index is 11.0. The largest absolute Gasteiger partial charge is 0.478 e. The van der Waals surface area contributed by atoms with E-state index in [0.717, 1.165) is 0 Å². The normalized spacial score (nSPS) is 11.3. The minimum atomic E-state index is -3.90. The Kier molecular flexibility index (Phi) is 2.93. The van der Waals surface area contributed by atoms with Gasteiger partial charge in [0.2, 0.25) is 10.0 Å². The summed E-state index contributed by atoms with van der Waals surface area (Å²) in [6.07, 6.45) is 0. The van der Waals surface area contributed by atoms with Crippen molar-refractivity contribution in [1.82, 2.24) is 0 Å². The lowest BCUT2D eigenvalue weighted by atomic mass is 10.2. The van der Waals surface area contributed by atoms with Crippen molar-refractivity contribution in [1.29, 1.82) is 0 Å². The van der Waals surface area contributed by atoms with Gasteiger partial charge in [0.25, 0.3) is 0 Å². The molecule has 0 spiro atoms. The zero-order valence-electron chi connectivity index (χ0n) is 6.77. The van der Waals surface area contributed by atoms with E-state index in [1.807, 2.05) is 0 Å². The summed E-state index contributed by atoms with van der Waals surface area (Å²) < 4.78 is 21.9. The summed E-state index contributed by atoms with van der Waals surface area (Å²) in [6.45, 7) is 0. The quantitative estimate of drug-likeness (QED) is 0.837. The van der Waals surface area contributed by atoms with Crippen LogP contribution in [0.4, 0.5) is 0 Å². The molecule has 0 aromatic heterocycles. The number of aromatic carboxylic acids is 1. The smallest absolute Gasteiger partial charge is 0.336 e. The van der Waals surface area contributed by atoms with E-state index in [4.69, 9.17) is 10.2 Å². The minimum Gasteiger partial charge on any atom is -0.478 e. The predicted octanol–water partition coefficient (Wildman–Crippen LogP) is 0.795. The van der Waals surface area contributed by atoms with Crippen molar-refractivity contribution in [3.63, 3.8) is 0 Å². The third-order valence-corrected chi connectivity index (χ3v) is 3.57. The van der Waals surface area contributed by atoms with E-state index in [1.165, 1.54) is 18.2 Å².